The predicted molar refractivity (Wildman–Crippen MR) is 75.1 cm³/mol. The molecule has 4 N–H and O–H groups in total. The molecule has 2 rings (SSSR count). The van der Waals surface area contributed by atoms with E-state index in [9.17, 15) is 9.90 Å². The number of rotatable bonds is 3. The van der Waals surface area contributed by atoms with E-state index in [1.807, 2.05) is 18.2 Å². The van der Waals surface area contributed by atoms with Crippen LogP contribution in [-0.2, 0) is 4.79 Å². The van der Waals surface area contributed by atoms with Gasteiger partial charge in [-0.1, -0.05) is 41.9 Å². The van der Waals surface area contributed by atoms with Crippen LogP contribution in [0.15, 0.2) is 48.5 Å². The highest BCUT2D eigenvalue weighted by Gasteiger charge is 2.15. The summed E-state index contributed by atoms with van der Waals surface area (Å²) in [6.45, 7) is 0. The Morgan fingerprint density at radius 1 is 1.21 bits per heavy atom. The Bertz CT molecular complexity index is 587. The van der Waals surface area contributed by atoms with Crippen molar-refractivity contribution in [3.05, 3.63) is 59.1 Å². The molecule has 0 aliphatic carbocycles. The minimum Gasteiger partial charge on any atom is -0.506 e. The lowest BCUT2D eigenvalue weighted by molar-refractivity contribution is -0.117. The van der Waals surface area contributed by atoms with Crippen LogP contribution in [0.3, 0.4) is 0 Å². The topological polar surface area (TPSA) is 75.4 Å². The Morgan fingerprint density at radius 2 is 1.89 bits per heavy atom. The monoisotopic (exact) mass is 276 g/mol. The summed E-state index contributed by atoms with van der Waals surface area (Å²) in [6, 6.07) is 12.7. The second-order valence-electron chi connectivity index (χ2n) is 4.04. The largest absolute Gasteiger partial charge is 0.506 e. The van der Waals surface area contributed by atoms with Crippen molar-refractivity contribution in [2.45, 2.75) is 6.04 Å². The van der Waals surface area contributed by atoms with E-state index < -0.39 is 6.04 Å². The van der Waals surface area contributed by atoms with Crippen molar-refractivity contribution in [2.24, 2.45) is 5.73 Å². The summed E-state index contributed by atoms with van der Waals surface area (Å²) in [7, 11) is 0. The number of carbonyl (C=O) groups excluding carboxylic acids is 1. The zero-order valence-corrected chi connectivity index (χ0v) is 10.8. The van der Waals surface area contributed by atoms with Gasteiger partial charge < -0.3 is 16.2 Å². The van der Waals surface area contributed by atoms with Crippen LogP contribution < -0.4 is 11.1 Å². The molecule has 0 radical (unpaired) electrons. The summed E-state index contributed by atoms with van der Waals surface area (Å²) in [5, 5.41) is 12.1. The second kappa shape index (κ2) is 5.73. The van der Waals surface area contributed by atoms with E-state index in [0.29, 0.717) is 5.69 Å². The first-order valence-electron chi connectivity index (χ1n) is 5.68. The first-order chi connectivity index (χ1) is 9.08. The summed E-state index contributed by atoms with van der Waals surface area (Å²) >= 11 is 5.76. The Balaban J connectivity index is 2.10. The first kappa shape index (κ1) is 13.4. The molecular formula is C14H13ClN2O2. The molecule has 4 nitrogen and oxygen atoms in total. The Kier molecular flexibility index (Phi) is 4.04. The van der Waals surface area contributed by atoms with Gasteiger partial charge in [0.05, 0.1) is 5.02 Å². The van der Waals surface area contributed by atoms with Crippen LogP contribution in [0.5, 0.6) is 5.75 Å². The fourth-order valence-corrected chi connectivity index (χ4v) is 1.80. The number of hydrogen-bond donors (Lipinski definition) is 3. The van der Waals surface area contributed by atoms with Crippen molar-refractivity contribution in [3.63, 3.8) is 0 Å². The van der Waals surface area contributed by atoms with E-state index in [4.69, 9.17) is 17.3 Å². The average Bonchev–Trinajstić information content (AvgIpc) is 2.43. The Labute approximate surface area is 115 Å². The highest BCUT2D eigenvalue weighted by Crippen LogP contribution is 2.26. The number of halogens is 1. The molecule has 19 heavy (non-hydrogen) atoms. The van der Waals surface area contributed by atoms with E-state index >= 15 is 0 Å². The van der Waals surface area contributed by atoms with Gasteiger partial charge in [-0.25, -0.2) is 0 Å². The normalized spacial score (nSPS) is 11.9. The van der Waals surface area contributed by atoms with Crippen molar-refractivity contribution in [2.75, 3.05) is 5.32 Å². The third kappa shape index (κ3) is 3.24. The summed E-state index contributed by atoms with van der Waals surface area (Å²) in [5.74, 6) is -0.375. The number of carbonyl (C=O) groups is 1. The average molecular weight is 277 g/mol. The zero-order chi connectivity index (χ0) is 13.8. The quantitative estimate of drug-likeness (QED) is 0.755. The van der Waals surface area contributed by atoms with Gasteiger partial charge in [0, 0.05) is 5.69 Å². The number of anilines is 1. The Morgan fingerprint density at radius 3 is 2.53 bits per heavy atom. The number of benzene rings is 2. The van der Waals surface area contributed by atoms with Crippen LogP contribution >= 0.6 is 11.6 Å². The third-order valence-electron chi connectivity index (χ3n) is 2.66. The number of nitrogens with two attached hydrogens (primary N) is 1. The molecule has 0 fully saturated rings. The van der Waals surface area contributed by atoms with Crippen molar-refractivity contribution in [1.29, 1.82) is 0 Å². The molecule has 0 spiro atoms. The fourth-order valence-electron chi connectivity index (χ4n) is 1.62. The predicted octanol–water partition coefficient (Wildman–Crippen LogP) is 2.68. The maximum atomic E-state index is 12.0. The van der Waals surface area contributed by atoms with E-state index in [0.717, 1.165) is 5.56 Å². The summed E-state index contributed by atoms with van der Waals surface area (Å²) in [4.78, 5) is 12.0. The van der Waals surface area contributed by atoms with E-state index in [1.54, 1.807) is 18.2 Å². The van der Waals surface area contributed by atoms with Gasteiger partial charge in [0.15, 0.2) is 0 Å². The summed E-state index contributed by atoms with van der Waals surface area (Å²) in [6.07, 6.45) is 0. The van der Waals surface area contributed by atoms with Gasteiger partial charge in [0.1, 0.15) is 11.8 Å². The van der Waals surface area contributed by atoms with E-state index in [2.05, 4.69) is 5.32 Å². The number of nitrogens with one attached hydrogen (secondary N) is 1. The van der Waals surface area contributed by atoms with Crippen molar-refractivity contribution in [3.8, 4) is 5.75 Å². The molecule has 0 aliphatic rings. The maximum Gasteiger partial charge on any atom is 0.245 e. The molecule has 0 bridgehead atoms. The molecule has 0 aromatic heterocycles. The maximum absolute atomic E-state index is 12.0. The highest BCUT2D eigenvalue weighted by atomic mass is 35.5. The molecule has 98 valence electrons. The van der Waals surface area contributed by atoms with Crippen LogP contribution in [0.2, 0.25) is 5.02 Å². The third-order valence-corrected chi connectivity index (χ3v) is 2.96. The van der Waals surface area contributed by atoms with Crippen molar-refractivity contribution >= 4 is 23.2 Å². The zero-order valence-electron chi connectivity index (χ0n) is 10.0. The van der Waals surface area contributed by atoms with Crippen molar-refractivity contribution < 1.29 is 9.90 Å². The second-order valence-corrected chi connectivity index (χ2v) is 4.45. The molecule has 2 aromatic carbocycles. The summed E-state index contributed by atoms with van der Waals surface area (Å²) in [5.41, 5.74) is 7.07. The lowest BCUT2D eigenvalue weighted by Crippen LogP contribution is -2.27. The van der Waals surface area contributed by atoms with Gasteiger partial charge in [0.25, 0.3) is 0 Å². The van der Waals surface area contributed by atoms with Crippen LogP contribution in [-0.4, -0.2) is 11.0 Å². The smallest absolute Gasteiger partial charge is 0.245 e. The van der Waals surface area contributed by atoms with Crippen molar-refractivity contribution in [1.82, 2.24) is 0 Å². The van der Waals surface area contributed by atoms with Crippen LogP contribution in [0.25, 0.3) is 0 Å². The lowest BCUT2D eigenvalue weighted by Gasteiger charge is -2.12. The standard InChI is InChI=1S/C14H13ClN2O2/c15-11-8-10(6-7-12(11)18)17-14(19)13(16)9-4-2-1-3-5-9/h1-8,13,18H,16H2,(H,17,19)/t13-/m1/s1. The minimum atomic E-state index is -0.756. The van der Waals surface area contributed by atoms with E-state index in [1.165, 1.54) is 12.1 Å². The van der Waals surface area contributed by atoms with Crippen LogP contribution in [0, 0.1) is 0 Å². The molecule has 0 unspecified atom stereocenters. The van der Waals surface area contributed by atoms with Gasteiger partial charge in [0.2, 0.25) is 5.91 Å². The number of aromatic hydroxyl groups is 1. The van der Waals surface area contributed by atoms with Gasteiger partial charge in [-0.05, 0) is 23.8 Å². The van der Waals surface area contributed by atoms with E-state index in [-0.39, 0.29) is 16.7 Å². The lowest BCUT2D eigenvalue weighted by atomic mass is 10.1. The molecule has 0 heterocycles. The minimum absolute atomic E-state index is 0.0352. The van der Waals surface area contributed by atoms with Crippen LogP contribution in [0.1, 0.15) is 11.6 Å². The number of amides is 1. The molecule has 0 aliphatic heterocycles. The SMILES string of the molecule is N[C@@H](C(=O)Nc1ccc(O)c(Cl)c1)c1ccccc1. The van der Waals surface area contributed by atoms with Gasteiger partial charge in [-0.15, -0.1) is 0 Å². The molecular weight excluding hydrogens is 264 g/mol. The number of hydrogen-bond acceptors (Lipinski definition) is 3. The molecule has 0 saturated heterocycles. The molecule has 2 aromatic rings. The Hall–Kier alpha value is -2.04. The van der Waals surface area contributed by atoms with Gasteiger partial charge in [-0.3, -0.25) is 4.79 Å². The van der Waals surface area contributed by atoms with Gasteiger partial charge in [-0.2, -0.15) is 0 Å². The molecule has 0 saturated carbocycles. The van der Waals surface area contributed by atoms with Crippen LogP contribution in [0.4, 0.5) is 5.69 Å². The molecule has 5 heteroatoms. The molecule has 1 atom stereocenters. The first-order valence-corrected chi connectivity index (χ1v) is 6.05. The van der Waals surface area contributed by atoms with Gasteiger partial charge >= 0.3 is 0 Å². The number of phenolic OH excluding ortho intramolecular Hbond substituents is 1. The molecule has 1 amide bonds. The number of phenols is 1. The fraction of sp³-hybridized carbons (Fsp3) is 0.0714. The summed E-state index contributed by atoms with van der Waals surface area (Å²) < 4.78 is 0. The highest BCUT2D eigenvalue weighted by molar-refractivity contribution is 6.32.